The number of benzene rings is 9. The summed E-state index contributed by atoms with van der Waals surface area (Å²) in [6.45, 7) is 2.00. The van der Waals surface area contributed by atoms with E-state index in [4.69, 9.17) is 4.42 Å². The lowest BCUT2D eigenvalue weighted by Gasteiger charge is -2.42. The third kappa shape index (κ3) is 4.69. The van der Waals surface area contributed by atoms with Gasteiger partial charge in [-0.2, -0.15) is 0 Å². The van der Waals surface area contributed by atoms with Crippen LogP contribution in [0.2, 0.25) is 0 Å². The zero-order valence-corrected chi connectivity index (χ0v) is 32.9. The molecule has 5 heteroatoms. The molecule has 0 bridgehead atoms. The maximum atomic E-state index is 6.71. The van der Waals surface area contributed by atoms with E-state index in [-0.39, 0.29) is 6.85 Å². The van der Waals surface area contributed by atoms with E-state index in [1.807, 2.05) is 0 Å². The van der Waals surface area contributed by atoms with Crippen LogP contribution < -0.4 is 20.6 Å². The Bertz CT molecular complexity index is 3460. The molecule has 0 spiro atoms. The Labute approximate surface area is 347 Å². The summed E-state index contributed by atoms with van der Waals surface area (Å²) in [6.07, 6.45) is 0. The summed E-state index contributed by atoms with van der Waals surface area (Å²) in [5, 5.41) is 4.79. The van der Waals surface area contributed by atoms with Gasteiger partial charge in [0.15, 0.2) is 0 Å². The minimum Gasteiger partial charge on any atom is -0.456 e. The Morgan fingerprint density at radius 3 is 1.90 bits per heavy atom. The molecule has 0 amide bonds. The van der Waals surface area contributed by atoms with Crippen molar-refractivity contribution in [1.82, 2.24) is 4.57 Å². The number of para-hydroxylation sites is 4. The number of aryl methyl sites for hydroxylation is 1. The number of nitrogens with zero attached hydrogens (tertiary/aromatic N) is 3. The van der Waals surface area contributed by atoms with E-state index in [2.05, 4.69) is 221 Å². The molecule has 0 fully saturated rings. The van der Waals surface area contributed by atoms with Gasteiger partial charge in [0.2, 0.25) is 0 Å². The van der Waals surface area contributed by atoms with Gasteiger partial charge in [0.05, 0.1) is 11.0 Å². The summed E-state index contributed by atoms with van der Waals surface area (Å²) in [5.74, 6) is 0. The summed E-state index contributed by atoms with van der Waals surface area (Å²) in [4.78, 5) is 4.97. The van der Waals surface area contributed by atoms with E-state index in [0.717, 1.165) is 50.4 Å². The van der Waals surface area contributed by atoms with Crippen LogP contribution in [-0.4, -0.2) is 11.4 Å². The lowest BCUT2D eigenvalue weighted by molar-refractivity contribution is 0.669. The zero-order valence-electron chi connectivity index (χ0n) is 32.9. The molecular weight excluding hydrogens is 729 g/mol. The summed E-state index contributed by atoms with van der Waals surface area (Å²) < 4.78 is 9.26. The predicted octanol–water partition coefficient (Wildman–Crippen LogP) is 13.4. The molecule has 0 N–H and O–H groups in total. The molecule has 2 aliphatic rings. The number of anilines is 5. The second-order valence-corrected chi connectivity index (χ2v) is 16.1. The maximum absolute atomic E-state index is 6.71. The largest absolute Gasteiger partial charge is 0.456 e. The van der Waals surface area contributed by atoms with Crippen LogP contribution in [0.5, 0.6) is 0 Å². The molecule has 2 aromatic heterocycles. The standard InChI is InChI=1S/C55H36BN3O/c1-35-25-27-39(28-26-35)59-49-31-40(57(37-17-7-3-8-18-37)38-19-9-4-10-20-38)29-30-41(49)46-32-44(36-15-5-2-6-16-36)53-43-22-11-13-23-48(43)58-50-33-45-42-21-12-14-24-51(42)60-52(45)34-47(50)56(59)54(46)55(53)58/h2-34H,1H3. The highest BCUT2D eigenvalue weighted by Crippen LogP contribution is 2.50. The van der Waals surface area contributed by atoms with Crippen LogP contribution in [-0.2, 0) is 0 Å². The van der Waals surface area contributed by atoms with Crippen molar-refractivity contribution in [1.29, 1.82) is 0 Å². The van der Waals surface area contributed by atoms with Gasteiger partial charge in [0.25, 0.3) is 0 Å². The fourth-order valence-corrected chi connectivity index (χ4v) is 10.2. The topological polar surface area (TPSA) is 24.6 Å². The van der Waals surface area contributed by atoms with E-state index in [1.54, 1.807) is 0 Å². The molecule has 0 atom stereocenters. The molecule has 280 valence electrons. The molecule has 60 heavy (non-hydrogen) atoms. The Morgan fingerprint density at radius 1 is 0.483 bits per heavy atom. The highest BCUT2D eigenvalue weighted by Gasteiger charge is 2.45. The fraction of sp³-hybridized carbons (Fsp3) is 0.0182. The van der Waals surface area contributed by atoms with Crippen LogP contribution in [0.1, 0.15) is 5.56 Å². The van der Waals surface area contributed by atoms with Gasteiger partial charge in [-0.3, -0.25) is 0 Å². The summed E-state index contributed by atoms with van der Waals surface area (Å²) >= 11 is 0. The van der Waals surface area contributed by atoms with Crippen LogP contribution in [0.3, 0.4) is 0 Å². The average Bonchev–Trinajstić information content (AvgIpc) is 3.85. The molecule has 4 nitrogen and oxygen atoms in total. The molecule has 0 unspecified atom stereocenters. The van der Waals surface area contributed by atoms with Crippen LogP contribution in [0.25, 0.3) is 71.7 Å². The number of fused-ring (bicyclic) bond motifs is 11. The number of hydrogen-bond donors (Lipinski definition) is 0. The van der Waals surface area contributed by atoms with Crippen molar-refractivity contribution in [3.63, 3.8) is 0 Å². The molecule has 0 saturated heterocycles. The first kappa shape index (κ1) is 33.2. The molecular formula is C55H36BN3O. The molecule has 13 rings (SSSR count). The first-order chi connectivity index (χ1) is 29.7. The van der Waals surface area contributed by atoms with Gasteiger partial charge in [0, 0.05) is 61.2 Å². The van der Waals surface area contributed by atoms with Crippen LogP contribution in [0.4, 0.5) is 28.4 Å². The predicted molar refractivity (Wildman–Crippen MR) is 252 cm³/mol. The molecule has 2 aliphatic heterocycles. The number of hydrogen-bond acceptors (Lipinski definition) is 3. The van der Waals surface area contributed by atoms with E-state index in [9.17, 15) is 0 Å². The van der Waals surface area contributed by atoms with Crippen LogP contribution in [0.15, 0.2) is 205 Å². The second kappa shape index (κ2) is 12.6. The minimum absolute atomic E-state index is 0.163. The highest BCUT2D eigenvalue weighted by molar-refractivity contribution is 6.94. The van der Waals surface area contributed by atoms with Gasteiger partial charge in [-0.15, -0.1) is 0 Å². The first-order valence-corrected chi connectivity index (χ1v) is 20.7. The van der Waals surface area contributed by atoms with Crippen molar-refractivity contribution >= 4 is 90.0 Å². The molecule has 0 aliphatic carbocycles. The molecule has 0 radical (unpaired) electrons. The lowest BCUT2D eigenvalue weighted by atomic mass is 9.43. The number of rotatable bonds is 5. The van der Waals surface area contributed by atoms with Gasteiger partial charge in [-0.25, -0.2) is 0 Å². The fourth-order valence-electron chi connectivity index (χ4n) is 10.2. The monoisotopic (exact) mass is 765 g/mol. The van der Waals surface area contributed by atoms with Crippen LogP contribution >= 0.6 is 0 Å². The van der Waals surface area contributed by atoms with Gasteiger partial charge >= 0.3 is 6.85 Å². The normalized spacial score (nSPS) is 12.7. The summed E-state index contributed by atoms with van der Waals surface area (Å²) in [6, 6.07) is 73.1. The van der Waals surface area contributed by atoms with Gasteiger partial charge < -0.3 is 18.7 Å². The van der Waals surface area contributed by atoms with Crippen molar-refractivity contribution < 1.29 is 4.42 Å². The van der Waals surface area contributed by atoms with Gasteiger partial charge in [-0.05, 0) is 113 Å². The van der Waals surface area contributed by atoms with Crippen molar-refractivity contribution in [2.75, 3.05) is 9.71 Å². The third-order valence-electron chi connectivity index (χ3n) is 12.8. The Kier molecular flexibility index (Phi) is 6.99. The summed E-state index contributed by atoms with van der Waals surface area (Å²) in [5.41, 5.74) is 19.7. The summed E-state index contributed by atoms with van der Waals surface area (Å²) in [7, 11) is 0. The van der Waals surface area contributed by atoms with E-state index < -0.39 is 0 Å². The third-order valence-corrected chi connectivity index (χ3v) is 12.8. The molecule has 4 heterocycles. The van der Waals surface area contributed by atoms with Crippen molar-refractivity contribution in [3.8, 4) is 27.9 Å². The van der Waals surface area contributed by atoms with E-state index >= 15 is 0 Å². The SMILES string of the molecule is Cc1ccc(N2B3c4cc5oc6ccccc6c5cc4-n4c5ccccc5c5c(-c6ccccc6)cc(c3c54)-c3ccc(N(c4ccccc4)c4ccccc4)cc32)cc1. The van der Waals surface area contributed by atoms with E-state index in [0.29, 0.717) is 0 Å². The number of furan rings is 1. The van der Waals surface area contributed by atoms with Gasteiger partial charge in [-0.1, -0.05) is 127 Å². The second-order valence-electron chi connectivity index (χ2n) is 16.1. The molecule has 0 saturated carbocycles. The molecule has 9 aromatic carbocycles. The quantitative estimate of drug-likeness (QED) is 0.163. The van der Waals surface area contributed by atoms with E-state index in [1.165, 1.54) is 66.2 Å². The Morgan fingerprint density at radius 2 is 1.15 bits per heavy atom. The number of aromatic nitrogens is 1. The van der Waals surface area contributed by atoms with Crippen molar-refractivity contribution in [3.05, 3.63) is 206 Å². The highest BCUT2D eigenvalue weighted by atomic mass is 16.3. The van der Waals surface area contributed by atoms with Gasteiger partial charge in [0.1, 0.15) is 11.2 Å². The van der Waals surface area contributed by atoms with Crippen molar-refractivity contribution in [2.45, 2.75) is 6.92 Å². The first-order valence-electron chi connectivity index (χ1n) is 20.7. The Balaban J connectivity index is 1.20. The van der Waals surface area contributed by atoms with Crippen LogP contribution in [0, 0.1) is 6.92 Å². The minimum atomic E-state index is -0.163. The Hall–Kier alpha value is -7.76. The molecule has 11 aromatic rings. The smallest absolute Gasteiger partial charge is 0.333 e. The maximum Gasteiger partial charge on any atom is 0.333 e. The lowest BCUT2D eigenvalue weighted by Crippen LogP contribution is -2.60. The average molecular weight is 766 g/mol. The van der Waals surface area contributed by atoms with Crippen molar-refractivity contribution in [2.24, 2.45) is 0 Å². The zero-order chi connectivity index (χ0) is 39.5.